The summed E-state index contributed by atoms with van der Waals surface area (Å²) in [6.07, 6.45) is 3.16. The Bertz CT molecular complexity index is 685. The van der Waals surface area contributed by atoms with Crippen LogP contribution in [0, 0.1) is 11.3 Å². The van der Waals surface area contributed by atoms with E-state index in [0.717, 1.165) is 5.56 Å². The standard InChI is InChI=1S/C17H17NO4/c1-16(15(20)21)12-7-8-17(22-12)10-18(14(19)13(16)17)9-11-5-3-2-4-6-11/h2-8,12-13H,9-10H2,1H3,(H,20,21)/t12-,13-,16+,17-/m0/s1. The maximum atomic E-state index is 12.8. The van der Waals surface area contributed by atoms with Crippen molar-refractivity contribution in [2.45, 2.75) is 25.2 Å². The van der Waals surface area contributed by atoms with Gasteiger partial charge in [0.1, 0.15) is 11.0 Å². The highest BCUT2D eigenvalue weighted by atomic mass is 16.5. The number of carboxylic acid groups (broad SMARTS) is 1. The summed E-state index contributed by atoms with van der Waals surface area (Å²) < 4.78 is 5.94. The summed E-state index contributed by atoms with van der Waals surface area (Å²) in [7, 11) is 0. The third-order valence-electron chi connectivity index (χ3n) is 5.25. The average molecular weight is 299 g/mol. The number of aliphatic carboxylic acids is 1. The Morgan fingerprint density at radius 1 is 1.41 bits per heavy atom. The second-order valence-electron chi connectivity index (χ2n) is 6.55. The van der Waals surface area contributed by atoms with Gasteiger partial charge in [-0.05, 0) is 12.5 Å². The van der Waals surface area contributed by atoms with Crippen molar-refractivity contribution in [3.05, 3.63) is 48.0 Å². The molecule has 0 aliphatic carbocycles. The van der Waals surface area contributed by atoms with Crippen LogP contribution in [0.1, 0.15) is 12.5 Å². The molecule has 4 atom stereocenters. The topological polar surface area (TPSA) is 66.8 Å². The third-order valence-corrected chi connectivity index (χ3v) is 5.25. The van der Waals surface area contributed by atoms with Gasteiger partial charge in [0.25, 0.3) is 0 Å². The Morgan fingerprint density at radius 2 is 2.14 bits per heavy atom. The molecule has 1 spiro atoms. The minimum atomic E-state index is -1.18. The Kier molecular flexibility index (Phi) is 2.58. The number of hydrogen-bond donors (Lipinski definition) is 1. The van der Waals surface area contributed by atoms with Crippen molar-refractivity contribution in [2.24, 2.45) is 11.3 Å². The molecule has 1 aromatic rings. The lowest BCUT2D eigenvalue weighted by atomic mass is 9.66. The first-order valence-electron chi connectivity index (χ1n) is 7.41. The molecule has 2 bridgehead atoms. The van der Waals surface area contributed by atoms with Gasteiger partial charge >= 0.3 is 5.97 Å². The normalized spacial score (nSPS) is 38.6. The zero-order valence-electron chi connectivity index (χ0n) is 12.2. The Hall–Kier alpha value is -2.14. The molecule has 22 heavy (non-hydrogen) atoms. The summed E-state index contributed by atoms with van der Waals surface area (Å²) in [6, 6.07) is 9.71. The fraction of sp³-hybridized carbons (Fsp3) is 0.412. The first-order valence-corrected chi connectivity index (χ1v) is 7.41. The van der Waals surface area contributed by atoms with Crippen LogP contribution in [0.25, 0.3) is 0 Å². The number of nitrogens with zero attached hydrogens (tertiary/aromatic N) is 1. The molecular weight excluding hydrogens is 282 g/mol. The van der Waals surface area contributed by atoms with Gasteiger partial charge in [-0.1, -0.05) is 42.5 Å². The summed E-state index contributed by atoms with van der Waals surface area (Å²) in [4.78, 5) is 26.3. The number of carbonyl (C=O) groups excluding carboxylic acids is 1. The molecule has 3 heterocycles. The van der Waals surface area contributed by atoms with Crippen LogP contribution in [0.4, 0.5) is 0 Å². The molecule has 2 saturated heterocycles. The van der Waals surface area contributed by atoms with Gasteiger partial charge in [0.2, 0.25) is 5.91 Å². The van der Waals surface area contributed by atoms with Gasteiger partial charge < -0.3 is 14.7 Å². The molecule has 0 radical (unpaired) electrons. The van der Waals surface area contributed by atoms with Crippen molar-refractivity contribution in [3.8, 4) is 0 Å². The summed E-state index contributed by atoms with van der Waals surface area (Å²) in [6.45, 7) is 2.52. The number of likely N-dealkylation sites (tertiary alicyclic amines) is 1. The van der Waals surface area contributed by atoms with Gasteiger partial charge in [-0.25, -0.2) is 0 Å². The molecule has 5 heteroatoms. The minimum absolute atomic E-state index is 0.124. The van der Waals surface area contributed by atoms with E-state index < -0.39 is 29.0 Å². The van der Waals surface area contributed by atoms with Crippen LogP contribution in [0.15, 0.2) is 42.5 Å². The van der Waals surface area contributed by atoms with E-state index in [0.29, 0.717) is 13.1 Å². The van der Waals surface area contributed by atoms with Gasteiger partial charge in [0.15, 0.2) is 0 Å². The van der Waals surface area contributed by atoms with E-state index in [-0.39, 0.29) is 5.91 Å². The van der Waals surface area contributed by atoms with Crippen LogP contribution in [0.3, 0.4) is 0 Å². The van der Waals surface area contributed by atoms with Gasteiger partial charge in [0, 0.05) is 6.54 Å². The molecule has 3 aliphatic heterocycles. The molecule has 0 aromatic heterocycles. The van der Waals surface area contributed by atoms with E-state index in [9.17, 15) is 14.7 Å². The number of amides is 1. The SMILES string of the molecule is C[C@@]1(C(=O)O)[C@@H]2C=C[C@@]3(CN(Cc4ccccc4)C(=O)[C@@H]13)O2. The molecule has 0 unspecified atom stereocenters. The predicted octanol–water partition coefficient (Wildman–Crippen LogP) is 1.44. The quantitative estimate of drug-likeness (QED) is 0.858. The van der Waals surface area contributed by atoms with Crippen LogP contribution in [0.2, 0.25) is 0 Å². The molecule has 5 nitrogen and oxygen atoms in total. The number of fused-ring (bicyclic) bond motifs is 1. The molecule has 2 fully saturated rings. The fourth-order valence-electron chi connectivity index (χ4n) is 4.11. The van der Waals surface area contributed by atoms with Crippen LogP contribution >= 0.6 is 0 Å². The number of hydrogen-bond acceptors (Lipinski definition) is 3. The van der Waals surface area contributed by atoms with Crippen molar-refractivity contribution < 1.29 is 19.4 Å². The second-order valence-corrected chi connectivity index (χ2v) is 6.55. The lowest BCUT2D eigenvalue weighted by Crippen LogP contribution is -2.47. The lowest BCUT2D eigenvalue weighted by molar-refractivity contribution is -0.156. The highest BCUT2D eigenvalue weighted by molar-refractivity contribution is 5.93. The number of carboxylic acids is 1. The first-order chi connectivity index (χ1) is 10.5. The number of benzene rings is 1. The van der Waals surface area contributed by atoms with E-state index in [4.69, 9.17) is 4.74 Å². The molecule has 1 amide bonds. The number of carbonyl (C=O) groups is 2. The summed E-state index contributed by atoms with van der Waals surface area (Å²) in [5, 5.41) is 9.65. The Morgan fingerprint density at radius 3 is 2.82 bits per heavy atom. The van der Waals surface area contributed by atoms with Crippen molar-refractivity contribution >= 4 is 11.9 Å². The van der Waals surface area contributed by atoms with E-state index in [1.807, 2.05) is 36.4 Å². The smallest absolute Gasteiger partial charge is 0.313 e. The van der Waals surface area contributed by atoms with Crippen molar-refractivity contribution in [1.29, 1.82) is 0 Å². The molecule has 4 rings (SSSR count). The van der Waals surface area contributed by atoms with Gasteiger partial charge in [0.05, 0.1) is 18.6 Å². The molecule has 3 aliphatic rings. The van der Waals surface area contributed by atoms with Crippen LogP contribution in [-0.2, 0) is 20.9 Å². The maximum Gasteiger partial charge on any atom is 0.313 e. The maximum absolute atomic E-state index is 12.8. The predicted molar refractivity (Wildman–Crippen MR) is 77.8 cm³/mol. The highest BCUT2D eigenvalue weighted by Crippen LogP contribution is 2.58. The molecule has 1 aromatic carbocycles. The summed E-state index contributed by atoms with van der Waals surface area (Å²) >= 11 is 0. The number of rotatable bonds is 3. The van der Waals surface area contributed by atoms with E-state index in [1.54, 1.807) is 17.9 Å². The van der Waals surface area contributed by atoms with Crippen molar-refractivity contribution in [3.63, 3.8) is 0 Å². The van der Waals surface area contributed by atoms with Gasteiger partial charge in [-0.2, -0.15) is 0 Å². The van der Waals surface area contributed by atoms with Crippen molar-refractivity contribution in [1.82, 2.24) is 4.90 Å². The molecule has 114 valence electrons. The zero-order valence-corrected chi connectivity index (χ0v) is 12.2. The molecular formula is C17H17NO4. The monoisotopic (exact) mass is 299 g/mol. The van der Waals surface area contributed by atoms with Gasteiger partial charge in [-0.3, -0.25) is 9.59 Å². The van der Waals surface area contributed by atoms with Crippen molar-refractivity contribution in [2.75, 3.05) is 6.54 Å². The first kappa shape index (κ1) is 13.5. The fourth-order valence-corrected chi connectivity index (χ4v) is 4.11. The average Bonchev–Trinajstić information content (AvgIpc) is 3.10. The lowest BCUT2D eigenvalue weighted by Gasteiger charge is -2.30. The van der Waals surface area contributed by atoms with E-state index >= 15 is 0 Å². The molecule has 0 saturated carbocycles. The second kappa shape index (κ2) is 4.20. The Balaban J connectivity index is 1.68. The molecule has 1 N–H and O–H groups in total. The van der Waals surface area contributed by atoms with Crippen LogP contribution < -0.4 is 0 Å². The number of ether oxygens (including phenoxy) is 1. The van der Waals surface area contributed by atoms with Gasteiger partial charge in [-0.15, -0.1) is 0 Å². The summed E-state index contributed by atoms with van der Waals surface area (Å²) in [5.74, 6) is -1.74. The summed E-state index contributed by atoms with van der Waals surface area (Å²) in [5.41, 5.74) is -0.927. The van der Waals surface area contributed by atoms with E-state index in [1.165, 1.54) is 0 Å². The third kappa shape index (κ3) is 1.52. The largest absolute Gasteiger partial charge is 0.481 e. The highest BCUT2D eigenvalue weighted by Gasteiger charge is 2.72. The Labute approximate surface area is 128 Å². The van der Waals surface area contributed by atoms with E-state index in [2.05, 4.69) is 0 Å². The van der Waals surface area contributed by atoms with Crippen LogP contribution in [0.5, 0.6) is 0 Å². The minimum Gasteiger partial charge on any atom is -0.481 e. The van der Waals surface area contributed by atoms with Crippen LogP contribution in [-0.4, -0.2) is 40.1 Å². The zero-order chi connectivity index (χ0) is 15.5.